The van der Waals surface area contributed by atoms with Gasteiger partial charge in [-0.25, -0.2) is 0 Å². The first-order valence-electron chi connectivity index (χ1n) is 4.62. The predicted molar refractivity (Wildman–Crippen MR) is 66.8 cm³/mol. The number of hydrogen-bond donors (Lipinski definition) is 3. The lowest BCUT2D eigenvalue weighted by Gasteiger charge is -2.05. The molecule has 1 aromatic carbocycles. The van der Waals surface area contributed by atoms with Crippen molar-refractivity contribution < 1.29 is 9.90 Å². The van der Waals surface area contributed by atoms with Crippen molar-refractivity contribution >= 4 is 28.5 Å². The lowest BCUT2D eigenvalue weighted by Crippen LogP contribution is -2.25. The summed E-state index contributed by atoms with van der Waals surface area (Å²) in [5.74, 6) is -0.0581. The van der Waals surface area contributed by atoms with E-state index in [0.29, 0.717) is 18.7 Å². The van der Waals surface area contributed by atoms with Crippen molar-refractivity contribution in [2.75, 3.05) is 13.1 Å². The third kappa shape index (κ3) is 3.67. The van der Waals surface area contributed by atoms with Gasteiger partial charge in [-0.2, -0.15) is 0 Å². The van der Waals surface area contributed by atoms with Crippen molar-refractivity contribution in [2.24, 2.45) is 5.73 Å². The third-order valence-electron chi connectivity index (χ3n) is 1.87. The van der Waals surface area contributed by atoms with Gasteiger partial charge in [-0.1, -0.05) is 0 Å². The van der Waals surface area contributed by atoms with Gasteiger partial charge in [-0.3, -0.25) is 4.79 Å². The summed E-state index contributed by atoms with van der Waals surface area (Å²) < 4.78 is 0.728. The van der Waals surface area contributed by atoms with Gasteiger partial charge in [-0.05, 0) is 53.8 Å². The number of benzene rings is 1. The van der Waals surface area contributed by atoms with Crippen molar-refractivity contribution in [3.63, 3.8) is 0 Å². The maximum absolute atomic E-state index is 11.5. The number of hydrogen-bond acceptors (Lipinski definition) is 3. The topological polar surface area (TPSA) is 75.3 Å². The van der Waals surface area contributed by atoms with Crippen LogP contribution >= 0.6 is 22.6 Å². The molecule has 0 saturated carbocycles. The molecule has 0 aliphatic carbocycles. The number of nitrogens with one attached hydrogen (secondary N) is 1. The van der Waals surface area contributed by atoms with Crippen LogP contribution in [0.4, 0.5) is 0 Å². The molecule has 1 aromatic rings. The molecule has 0 unspecified atom stereocenters. The smallest absolute Gasteiger partial charge is 0.251 e. The second-order valence-electron chi connectivity index (χ2n) is 3.06. The molecule has 0 bridgehead atoms. The van der Waals surface area contributed by atoms with Crippen molar-refractivity contribution in [3.8, 4) is 5.75 Å². The summed E-state index contributed by atoms with van der Waals surface area (Å²) >= 11 is 2.00. The summed E-state index contributed by atoms with van der Waals surface area (Å²) in [6.45, 7) is 1.11. The van der Waals surface area contributed by atoms with E-state index in [1.165, 1.54) is 6.07 Å². The second-order valence-corrected chi connectivity index (χ2v) is 4.23. The van der Waals surface area contributed by atoms with Crippen LogP contribution in [0, 0.1) is 3.57 Å². The third-order valence-corrected chi connectivity index (χ3v) is 2.79. The van der Waals surface area contributed by atoms with Crippen LogP contribution in [-0.2, 0) is 0 Å². The van der Waals surface area contributed by atoms with Gasteiger partial charge in [0.25, 0.3) is 5.91 Å². The Morgan fingerprint density at radius 1 is 1.53 bits per heavy atom. The molecule has 82 valence electrons. The highest BCUT2D eigenvalue weighted by Gasteiger charge is 2.06. The number of halogens is 1. The van der Waals surface area contributed by atoms with Crippen molar-refractivity contribution in [3.05, 3.63) is 27.3 Å². The lowest BCUT2D eigenvalue weighted by molar-refractivity contribution is 0.0953. The Morgan fingerprint density at radius 3 is 2.87 bits per heavy atom. The Labute approximate surface area is 102 Å². The monoisotopic (exact) mass is 320 g/mol. The zero-order valence-electron chi connectivity index (χ0n) is 8.16. The summed E-state index contributed by atoms with van der Waals surface area (Å²) in [5, 5.41) is 12.1. The lowest BCUT2D eigenvalue weighted by atomic mass is 10.2. The molecule has 4 nitrogen and oxygen atoms in total. The van der Waals surface area contributed by atoms with Gasteiger partial charge in [0.2, 0.25) is 0 Å². The average Bonchev–Trinajstić information content (AvgIpc) is 2.22. The zero-order chi connectivity index (χ0) is 11.3. The van der Waals surface area contributed by atoms with E-state index in [-0.39, 0.29) is 11.7 Å². The van der Waals surface area contributed by atoms with E-state index in [1.807, 2.05) is 22.6 Å². The molecule has 0 aromatic heterocycles. The number of nitrogens with two attached hydrogens (primary N) is 1. The molecule has 5 heteroatoms. The van der Waals surface area contributed by atoms with Crippen LogP contribution < -0.4 is 11.1 Å². The molecule has 0 spiro atoms. The minimum atomic E-state index is -0.185. The molecule has 0 saturated heterocycles. The van der Waals surface area contributed by atoms with Crippen molar-refractivity contribution in [1.29, 1.82) is 0 Å². The molecule has 0 heterocycles. The Kier molecular flexibility index (Phi) is 4.83. The normalized spacial score (nSPS) is 10.0. The largest absolute Gasteiger partial charge is 0.507 e. The van der Waals surface area contributed by atoms with E-state index in [9.17, 15) is 9.90 Å². The highest BCUT2D eigenvalue weighted by Crippen LogP contribution is 2.20. The molecular weight excluding hydrogens is 307 g/mol. The van der Waals surface area contributed by atoms with E-state index >= 15 is 0 Å². The Balaban J connectivity index is 2.62. The first kappa shape index (κ1) is 12.3. The van der Waals surface area contributed by atoms with Crippen LogP contribution in [0.5, 0.6) is 5.75 Å². The molecule has 0 aliphatic rings. The molecule has 0 radical (unpaired) electrons. The molecular formula is C10H13IN2O2. The Bertz CT molecular complexity index is 355. The number of aromatic hydroxyl groups is 1. The van der Waals surface area contributed by atoms with Crippen molar-refractivity contribution in [2.45, 2.75) is 6.42 Å². The average molecular weight is 320 g/mol. The fourth-order valence-electron chi connectivity index (χ4n) is 1.06. The van der Waals surface area contributed by atoms with Gasteiger partial charge in [0.1, 0.15) is 5.75 Å². The minimum Gasteiger partial charge on any atom is -0.507 e. The number of carbonyl (C=O) groups excluding carboxylic acids is 1. The van der Waals surface area contributed by atoms with Gasteiger partial charge in [-0.15, -0.1) is 0 Å². The number of rotatable bonds is 4. The molecule has 0 fully saturated rings. The van der Waals surface area contributed by atoms with Crippen molar-refractivity contribution in [1.82, 2.24) is 5.32 Å². The van der Waals surface area contributed by atoms with Crippen LogP contribution in [0.2, 0.25) is 0 Å². The Morgan fingerprint density at radius 2 is 2.27 bits per heavy atom. The standard InChI is InChI=1S/C10H13IN2O2/c11-8-3-2-7(6-9(8)14)10(15)13-5-1-4-12/h2-3,6,14H,1,4-5,12H2,(H,13,15). The van der Waals surface area contributed by atoms with E-state index in [1.54, 1.807) is 12.1 Å². The fourth-order valence-corrected chi connectivity index (χ4v) is 1.40. The van der Waals surface area contributed by atoms with E-state index < -0.39 is 0 Å². The van der Waals surface area contributed by atoms with E-state index in [4.69, 9.17) is 5.73 Å². The molecule has 1 amide bonds. The van der Waals surface area contributed by atoms with Crippen LogP contribution in [0.25, 0.3) is 0 Å². The highest BCUT2D eigenvalue weighted by atomic mass is 127. The van der Waals surface area contributed by atoms with E-state index in [2.05, 4.69) is 5.32 Å². The van der Waals surface area contributed by atoms with E-state index in [0.717, 1.165) is 9.99 Å². The number of carbonyl (C=O) groups is 1. The van der Waals surface area contributed by atoms with Gasteiger partial charge in [0.05, 0.1) is 3.57 Å². The molecule has 1 rings (SSSR count). The van der Waals surface area contributed by atoms with Gasteiger partial charge in [0.15, 0.2) is 0 Å². The summed E-state index contributed by atoms with van der Waals surface area (Å²) in [7, 11) is 0. The second kappa shape index (κ2) is 5.92. The van der Waals surface area contributed by atoms with Gasteiger partial charge in [0, 0.05) is 12.1 Å². The highest BCUT2D eigenvalue weighted by molar-refractivity contribution is 14.1. The summed E-state index contributed by atoms with van der Waals surface area (Å²) in [6.07, 6.45) is 0.752. The number of phenols is 1. The van der Waals surface area contributed by atoms with Gasteiger partial charge >= 0.3 is 0 Å². The first-order valence-corrected chi connectivity index (χ1v) is 5.70. The van der Waals surface area contributed by atoms with Crippen LogP contribution in [0.3, 0.4) is 0 Å². The quantitative estimate of drug-likeness (QED) is 0.574. The number of phenolic OH excluding ortho intramolecular Hbond substituents is 1. The van der Waals surface area contributed by atoms with Gasteiger partial charge < -0.3 is 16.2 Å². The summed E-state index contributed by atoms with van der Waals surface area (Å²) in [5.41, 5.74) is 5.77. The number of amides is 1. The maximum atomic E-state index is 11.5. The maximum Gasteiger partial charge on any atom is 0.251 e. The van der Waals surface area contributed by atoms with Crippen LogP contribution in [-0.4, -0.2) is 24.1 Å². The first-order chi connectivity index (χ1) is 7.15. The molecule has 4 N–H and O–H groups in total. The molecule has 0 atom stereocenters. The SMILES string of the molecule is NCCCNC(=O)c1ccc(I)c(O)c1. The summed E-state index contributed by atoms with van der Waals surface area (Å²) in [6, 6.07) is 4.84. The molecule has 0 aliphatic heterocycles. The summed E-state index contributed by atoms with van der Waals surface area (Å²) in [4.78, 5) is 11.5. The zero-order valence-corrected chi connectivity index (χ0v) is 10.3. The van der Waals surface area contributed by atoms with Crippen LogP contribution in [0.15, 0.2) is 18.2 Å². The Hall–Kier alpha value is -0.820. The fraction of sp³-hybridized carbons (Fsp3) is 0.300. The predicted octanol–water partition coefficient (Wildman–Crippen LogP) is 1.08. The minimum absolute atomic E-state index is 0.127. The molecule has 15 heavy (non-hydrogen) atoms. The van der Waals surface area contributed by atoms with Crippen LogP contribution in [0.1, 0.15) is 16.8 Å².